The van der Waals surface area contributed by atoms with Gasteiger partial charge in [-0.2, -0.15) is 0 Å². The van der Waals surface area contributed by atoms with E-state index in [9.17, 15) is 4.79 Å². The highest BCUT2D eigenvalue weighted by Crippen LogP contribution is 2.16. The molecular weight excluding hydrogens is 190 g/mol. The Bertz CT molecular complexity index is 570. The van der Waals surface area contributed by atoms with Gasteiger partial charge in [-0.3, -0.25) is 4.79 Å². The van der Waals surface area contributed by atoms with E-state index < -0.39 is 0 Å². The van der Waals surface area contributed by atoms with Crippen molar-refractivity contribution in [2.24, 2.45) is 5.73 Å². The lowest BCUT2D eigenvalue weighted by Gasteiger charge is -2.03. The van der Waals surface area contributed by atoms with Crippen molar-refractivity contribution >= 4 is 11.0 Å². The van der Waals surface area contributed by atoms with Crippen molar-refractivity contribution in [3.05, 3.63) is 45.3 Å². The van der Waals surface area contributed by atoms with Crippen molar-refractivity contribution in [2.45, 2.75) is 20.4 Å². The molecule has 0 spiro atoms. The summed E-state index contributed by atoms with van der Waals surface area (Å²) >= 11 is 0. The number of hydrogen-bond donors (Lipinski definition) is 1. The van der Waals surface area contributed by atoms with Crippen LogP contribution in [-0.2, 0) is 6.54 Å². The number of aryl methyl sites for hydroxylation is 2. The first-order valence-corrected chi connectivity index (χ1v) is 4.85. The van der Waals surface area contributed by atoms with Crippen LogP contribution in [0.15, 0.2) is 27.6 Å². The van der Waals surface area contributed by atoms with Gasteiger partial charge in [-0.05, 0) is 37.1 Å². The summed E-state index contributed by atoms with van der Waals surface area (Å²) in [7, 11) is 0. The lowest BCUT2D eigenvalue weighted by molar-refractivity contribution is 0.592. The van der Waals surface area contributed by atoms with Crippen molar-refractivity contribution in [1.82, 2.24) is 0 Å². The van der Waals surface area contributed by atoms with Crippen LogP contribution in [-0.4, -0.2) is 0 Å². The van der Waals surface area contributed by atoms with E-state index in [0.29, 0.717) is 16.5 Å². The lowest BCUT2D eigenvalue weighted by Crippen LogP contribution is -2.12. The van der Waals surface area contributed by atoms with Gasteiger partial charge in [-0.15, -0.1) is 0 Å². The van der Waals surface area contributed by atoms with Crippen LogP contribution >= 0.6 is 0 Å². The Morgan fingerprint density at radius 2 is 1.93 bits per heavy atom. The Labute approximate surface area is 87.5 Å². The van der Waals surface area contributed by atoms with Crippen LogP contribution in [0.2, 0.25) is 0 Å². The first-order valence-electron chi connectivity index (χ1n) is 4.85. The highest BCUT2D eigenvalue weighted by atomic mass is 16.3. The van der Waals surface area contributed by atoms with Gasteiger partial charge in [0.1, 0.15) is 5.58 Å². The van der Waals surface area contributed by atoms with E-state index in [2.05, 4.69) is 0 Å². The van der Waals surface area contributed by atoms with E-state index in [1.807, 2.05) is 26.0 Å². The number of hydrogen-bond acceptors (Lipinski definition) is 3. The third-order valence-electron chi connectivity index (χ3n) is 2.68. The van der Waals surface area contributed by atoms with Gasteiger partial charge < -0.3 is 10.2 Å². The van der Waals surface area contributed by atoms with Crippen LogP contribution in [0, 0.1) is 13.8 Å². The van der Waals surface area contributed by atoms with Gasteiger partial charge in [-0.1, -0.05) is 0 Å². The Kier molecular flexibility index (Phi) is 2.32. The summed E-state index contributed by atoms with van der Waals surface area (Å²) in [5.41, 5.74) is 8.77. The van der Waals surface area contributed by atoms with Crippen molar-refractivity contribution in [3.8, 4) is 0 Å². The van der Waals surface area contributed by atoms with Gasteiger partial charge in [-0.25, -0.2) is 0 Å². The fourth-order valence-electron chi connectivity index (χ4n) is 1.57. The molecule has 0 saturated carbocycles. The molecule has 0 aliphatic rings. The zero-order valence-electron chi connectivity index (χ0n) is 8.83. The highest BCUT2D eigenvalue weighted by Gasteiger charge is 2.06. The Balaban J connectivity index is 2.88. The number of benzene rings is 1. The summed E-state index contributed by atoms with van der Waals surface area (Å²) in [6.07, 6.45) is 1.44. The van der Waals surface area contributed by atoms with E-state index in [1.54, 1.807) is 0 Å². The minimum Gasteiger partial charge on any atom is -0.464 e. The van der Waals surface area contributed by atoms with E-state index in [-0.39, 0.29) is 12.0 Å². The second-order valence-electron chi connectivity index (χ2n) is 3.73. The molecule has 0 amide bonds. The molecule has 2 N–H and O–H groups in total. The average molecular weight is 203 g/mol. The molecule has 0 saturated heterocycles. The zero-order valence-corrected chi connectivity index (χ0v) is 8.83. The molecule has 1 heterocycles. The summed E-state index contributed by atoms with van der Waals surface area (Å²) in [5, 5.41) is 0.612. The molecule has 0 atom stereocenters. The molecule has 3 heteroatoms. The monoisotopic (exact) mass is 203 g/mol. The molecule has 0 bridgehead atoms. The van der Waals surface area contributed by atoms with Crippen LogP contribution in [0.25, 0.3) is 11.0 Å². The van der Waals surface area contributed by atoms with Crippen LogP contribution < -0.4 is 11.2 Å². The standard InChI is InChI=1S/C12H13NO2/c1-7-3-10-11(4-8(7)2)15-6-9(5-13)12(10)14/h3-4,6H,5,13H2,1-2H3. The third kappa shape index (κ3) is 1.55. The SMILES string of the molecule is Cc1cc2occ(CN)c(=O)c2cc1C. The number of nitrogens with two attached hydrogens (primary N) is 1. The maximum absolute atomic E-state index is 11.9. The molecular formula is C12H13NO2. The smallest absolute Gasteiger partial charge is 0.197 e. The quantitative estimate of drug-likeness (QED) is 0.769. The molecule has 0 fully saturated rings. The van der Waals surface area contributed by atoms with Gasteiger partial charge in [0.15, 0.2) is 5.43 Å². The van der Waals surface area contributed by atoms with Crippen LogP contribution in [0.3, 0.4) is 0 Å². The maximum Gasteiger partial charge on any atom is 0.197 e. The van der Waals surface area contributed by atoms with E-state index in [0.717, 1.165) is 11.1 Å². The fraction of sp³-hybridized carbons (Fsp3) is 0.250. The first-order chi connectivity index (χ1) is 7.13. The van der Waals surface area contributed by atoms with Crippen molar-refractivity contribution in [3.63, 3.8) is 0 Å². The van der Waals surface area contributed by atoms with Crippen LogP contribution in [0.4, 0.5) is 0 Å². The molecule has 15 heavy (non-hydrogen) atoms. The number of rotatable bonds is 1. The predicted molar refractivity (Wildman–Crippen MR) is 59.8 cm³/mol. The van der Waals surface area contributed by atoms with Gasteiger partial charge in [0.25, 0.3) is 0 Å². The normalized spacial score (nSPS) is 10.9. The lowest BCUT2D eigenvalue weighted by atomic mass is 10.1. The fourth-order valence-corrected chi connectivity index (χ4v) is 1.57. The second-order valence-corrected chi connectivity index (χ2v) is 3.73. The second kappa shape index (κ2) is 3.51. The summed E-state index contributed by atoms with van der Waals surface area (Å²) in [6.45, 7) is 4.18. The van der Waals surface area contributed by atoms with E-state index >= 15 is 0 Å². The average Bonchev–Trinajstić information content (AvgIpc) is 2.22. The van der Waals surface area contributed by atoms with Crippen molar-refractivity contribution in [2.75, 3.05) is 0 Å². The maximum atomic E-state index is 11.9. The van der Waals surface area contributed by atoms with Gasteiger partial charge in [0, 0.05) is 12.1 Å². The van der Waals surface area contributed by atoms with E-state index in [4.69, 9.17) is 10.2 Å². The number of fused-ring (bicyclic) bond motifs is 1. The minimum atomic E-state index is -0.0261. The van der Waals surface area contributed by atoms with Crippen molar-refractivity contribution < 1.29 is 4.42 Å². The van der Waals surface area contributed by atoms with E-state index in [1.165, 1.54) is 6.26 Å². The largest absolute Gasteiger partial charge is 0.464 e. The molecule has 2 aromatic rings. The summed E-state index contributed by atoms with van der Waals surface area (Å²) in [6, 6.07) is 3.74. The molecule has 78 valence electrons. The van der Waals surface area contributed by atoms with Gasteiger partial charge >= 0.3 is 0 Å². The minimum absolute atomic E-state index is 0.0261. The zero-order chi connectivity index (χ0) is 11.0. The molecule has 0 aliphatic carbocycles. The molecule has 1 aromatic heterocycles. The first kappa shape index (κ1) is 9.93. The highest BCUT2D eigenvalue weighted by molar-refractivity contribution is 5.78. The Morgan fingerprint density at radius 1 is 1.27 bits per heavy atom. The van der Waals surface area contributed by atoms with Gasteiger partial charge in [0.2, 0.25) is 0 Å². The van der Waals surface area contributed by atoms with Crippen molar-refractivity contribution in [1.29, 1.82) is 0 Å². The summed E-state index contributed by atoms with van der Waals surface area (Å²) < 4.78 is 5.37. The summed E-state index contributed by atoms with van der Waals surface area (Å²) in [5.74, 6) is 0. The molecule has 0 radical (unpaired) electrons. The Morgan fingerprint density at radius 3 is 2.60 bits per heavy atom. The Hall–Kier alpha value is -1.61. The molecule has 3 nitrogen and oxygen atoms in total. The summed E-state index contributed by atoms with van der Waals surface area (Å²) in [4.78, 5) is 11.9. The molecule has 0 unspecified atom stereocenters. The molecule has 2 rings (SSSR count). The van der Waals surface area contributed by atoms with Gasteiger partial charge in [0.05, 0.1) is 11.6 Å². The molecule has 1 aromatic carbocycles. The molecule has 0 aliphatic heterocycles. The predicted octanol–water partition coefficient (Wildman–Crippen LogP) is 1.87. The topological polar surface area (TPSA) is 56.2 Å². The van der Waals surface area contributed by atoms with Crippen LogP contribution in [0.1, 0.15) is 16.7 Å². The third-order valence-corrected chi connectivity index (χ3v) is 2.68. The van der Waals surface area contributed by atoms with Crippen LogP contribution in [0.5, 0.6) is 0 Å².